The summed E-state index contributed by atoms with van der Waals surface area (Å²) in [5.41, 5.74) is 0.836. The molecule has 0 saturated carbocycles. The number of hydrogen-bond donors (Lipinski definition) is 1. The van der Waals surface area contributed by atoms with Crippen LogP contribution in [0.2, 0.25) is 0 Å². The molecule has 0 amide bonds. The van der Waals surface area contributed by atoms with Crippen molar-refractivity contribution >= 4 is 0 Å². The lowest BCUT2D eigenvalue weighted by atomic mass is 9.87. The molecule has 1 saturated heterocycles. The van der Waals surface area contributed by atoms with Crippen molar-refractivity contribution in [1.82, 2.24) is 0 Å². The van der Waals surface area contributed by atoms with E-state index in [0.717, 1.165) is 43.1 Å². The van der Waals surface area contributed by atoms with Crippen molar-refractivity contribution in [3.63, 3.8) is 0 Å². The van der Waals surface area contributed by atoms with Gasteiger partial charge in [0.05, 0.1) is 13.2 Å². The van der Waals surface area contributed by atoms with E-state index in [-0.39, 0.29) is 6.10 Å². The largest absolute Gasteiger partial charge is 0.497 e. The summed E-state index contributed by atoms with van der Waals surface area (Å²) in [5.74, 6) is 2.03. The molecule has 0 aromatic heterocycles. The summed E-state index contributed by atoms with van der Waals surface area (Å²) in [6, 6.07) is 5.63. The van der Waals surface area contributed by atoms with Gasteiger partial charge in [-0.05, 0) is 31.0 Å². The minimum Gasteiger partial charge on any atom is -0.497 e. The predicted molar refractivity (Wildman–Crippen MR) is 70.5 cm³/mol. The number of rotatable bonds is 2. The number of aliphatic hydroxyl groups is 1. The molecule has 1 aromatic rings. The van der Waals surface area contributed by atoms with E-state index in [1.54, 1.807) is 7.11 Å². The van der Waals surface area contributed by atoms with Crippen LogP contribution >= 0.6 is 0 Å². The standard InChI is InChI=1S/C15H20O4/c1-17-11-2-3-14-12(8-11)13(16)9-15(19-14)10-4-6-18-7-5-10/h2-3,8,10,13,15-16H,4-7,9H2,1H3. The molecule has 0 spiro atoms. The quantitative estimate of drug-likeness (QED) is 0.890. The summed E-state index contributed by atoms with van der Waals surface area (Å²) < 4.78 is 16.6. The van der Waals surface area contributed by atoms with E-state index in [2.05, 4.69) is 0 Å². The van der Waals surface area contributed by atoms with E-state index < -0.39 is 6.10 Å². The normalized spacial score (nSPS) is 27.5. The summed E-state index contributed by atoms with van der Waals surface area (Å²) in [5, 5.41) is 10.3. The molecule has 1 aromatic carbocycles. The number of methoxy groups -OCH3 is 1. The van der Waals surface area contributed by atoms with Crippen LogP contribution in [0.4, 0.5) is 0 Å². The molecule has 1 N–H and O–H groups in total. The molecule has 104 valence electrons. The fourth-order valence-electron chi connectivity index (χ4n) is 2.96. The van der Waals surface area contributed by atoms with Crippen molar-refractivity contribution in [2.24, 2.45) is 5.92 Å². The van der Waals surface area contributed by atoms with E-state index in [4.69, 9.17) is 14.2 Å². The van der Waals surface area contributed by atoms with E-state index in [1.807, 2.05) is 18.2 Å². The maximum Gasteiger partial charge on any atom is 0.125 e. The minimum atomic E-state index is -0.466. The Morgan fingerprint density at radius 2 is 2.05 bits per heavy atom. The van der Waals surface area contributed by atoms with Crippen molar-refractivity contribution in [1.29, 1.82) is 0 Å². The van der Waals surface area contributed by atoms with E-state index in [1.165, 1.54) is 0 Å². The van der Waals surface area contributed by atoms with Gasteiger partial charge in [-0.2, -0.15) is 0 Å². The molecule has 0 radical (unpaired) electrons. The summed E-state index contributed by atoms with van der Waals surface area (Å²) in [6.45, 7) is 1.60. The first-order valence-electron chi connectivity index (χ1n) is 6.88. The average Bonchev–Trinajstić information content (AvgIpc) is 2.48. The van der Waals surface area contributed by atoms with Gasteiger partial charge in [0.15, 0.2) is 0 Å². The van der Waals surface area contributed by atoms with Gasteiger partial charge in [0.1, 0.15) is 17.6 Å². The number of benzene rings is 1. The average molecular weight is 264 g/mol. The van der Waals surface area contributed by atoms with Crippen LogP contribution in [0.5, 0.6) is 11.5 Å². The van der Waals surface area contributed by atoms with Gasteiger partial charge in [0.25, 0.3) is 0 Å². The smallest absolute Gasteiger partial charge is 0.125 e. The second kappa shape index (κ2) is 5.39. The number of ether oxygens (including phenoxy) is 3. The summed E-state index contributed by atoms with van der Waals surface area (Å²) >= 11 is 0. The third-order valence-electron chi connectivity index (χ3n) is 4.10. The van der Waals surface area contributed by atoms with Gasteiger partial charge in [-0.25, -0.2) is 0 Å². The Kier molecular flexibility index (Phi) is 3.62. The van der Waals surface area contributed by atoms with Crippen LogP contribution in [0.3, 0.4) is 0 Å². The van der Waals surface area contributed by atoms with Gasteiger partial charge in [-0.3, -0.25) is 0 Å². The van der Waals surface area contributed by atoms with Crippen molar-refractivity contribution in [3.8, 4) is 11.5 Å². The molecule has 0 aliphatic carbocycles. The van der Waals surface area contributed by atoms with Gasteiger partial charge in [-0.15, -0.1) is 0 Å². The summed E-state index contributed by atoms with van der Waals surface area (Å²) in [7, 11) is 1.63. The number of fused-ring (bicyclic) bond motifs is 1. The maximum atomic E-state index is 10.3. The maximum absolute atomic E-state index is 10.3. The van der Waals surface area contributed by atoms with E-state index >= 15 is 0 Å². The molecule has 19 heavy (non-hydrogen) atoms. The third kappa shape index (κ3) is 2.55. The summed E-state index contributed by atoms with van der Waals surface area (Å²) in [4.78, 5) is 0. The zero-order valence-corrected chi connectivity index (χ0v) is 11.2. The Labute approximate surface area is 113 Å². The second-order valence-electron chi connectivity index (χ2n) is 5.26. The third-order valence-corrected chi connectivity index (χ3v) is 4.10. The zero-order chi connectivity index (χ0) is 13.2. The Bertz CT molecular complexity index is 440. The van der Waals surface area contributed by atoms with Gasteiger partial charge in [0.2, 0.25) is 0 Å². The van der Waals surface area contributed by atoms with Gasteiger partial charge in [-0.1, -0.05) is 0 Å². The first-order chi connectivity index (χ1) is 9.28. The van der Waals surface area contributed by atoms with Crippen LogP contribution in [-0.4, -0.2) is 31.5 Å². The molecule has 0 bridgehead atoms. The number of hydrogen-bond acceptors (Lipinski definition) is 4. The van der Waals surface area contributed by atoms with E-state index in [0.29, 0.717) is 12.3 Å². The van der Waals surface area contributed by atoms with Crippen LogP contribution in [0, 0.1) is 5.92 Å². The minimum absolute atomic E-state index is 0.0970. The van der Waals surface area contributed by atoms with Crippen LogP contribution < -0.4 is 9.47 Å². The highest BCUT2D eigenvalue weighted by Gasteiger charge is 2.33. The molecule has 4 heteroatoms. The van der Waals surface area contributed by atoms with Crippen molar-refractivity contribution in [2.75, 3.05) is 20.3 Å². The Morgan fingerprint density at radius 1 is 1.26 bits per heavy atom. The lowest BCUT2D eigenvalue weighted by Gasteiger charge is -2.36. The Morgan fingerprint density at radius 3 is 2.79 bits per heavy atom. The van der Waals surface area contributed by atoms with Crippen LogP contribution in [0.15, 0.2) is 18.2 Å². The van der Waals surface area contributed by atoms with Crippen molar-refractivity contribution in [3.05, 3.63) is 23.8 Å². The highest BCUT2D eigenvalue weighted by Crippen LogP contribution is 2.40. The molecular formula is C15H20O4. The van der Waals surface area contributed by atoms with Gasteiger partial charge < -0.3 is 19.3 Å². The molecule has 2 atom stereocenters. The first-order valence-corrected chi connectivity index (χ1v) is 6.88. The molecule has 2 unspecified atom stereocenters. The molecular weight excluding hydrogens is 244 g/mol. The monoisotopic (exact) mass is 264 g/mol. The van der Waals surface area contributed by atoms with Crippen LogP contribution in [0.25, 0.3) is 0 Å². The van der Waals surface area contributed by atoms with Crippen molar-refractivity contribution < 1.29 is 19.3 Å². The first kappa shape index (κ1) is 12.8. The highest BCUT2D eigenvalue weighted by molar-refractivity contribution is 5.43. The lowest BCUT2D eigenvalue weighted by Crippen LogP contribution is -2.36. The molecule has 2 heterocycles. The van der Waals surface area contributed by atoms with Crippen molar-refractivity contribution in [2.45, 2.75) is 31.5 Å². The Balaban J connectivity index is 1.79. The zero-order valence-electron chi connectivity index (χ0n) is 11.2. The summed E-state index contributed by atoms with van der Waals surface area (Å²) in [6.07, 6.45) is 2.32. The fraction of sp³-hybridized carbons (Fsp3) is 0.600. The SMILES string of the molecule is COc1ccc2c(c1)C(O)CC(C1CCOCC1)O2. The van der Waals surface area contributed by atoms with Gasteiger partial charge >= 0.3 is 0 Å². The van der Waals surface area contributed by atoms with E-state index in [9.17, 15) is 5.11 Å². The predicted octanol–water partition coefficient (Wildman–Crippen LogP) is 2.31. The molecule has 2 aliphatic rings. The lowest BCUT2D eigenvalue weighted by molar-refractivity contribution is -0.0151. The number of aliphatic hydroxyl groups excluding tert-OH is 1. The highest BCUT2D eigenvalue weighted by atomic mass is 16.5. The van der Waals surface area contributed by atoms with Gasteiger partial charge in [0, 0.05) is 31.1 Å². The molecule has 3 rings (SSSR count). The molecule has 4 nitrogen and oxygen atoms in total. The van der Waals surface area contributed by atoms with Crippen LogP contribution in [0.1, 0.15) is 30.9 Å². The molecule has 2 aliphatic heterocycles. The fourth-order valence-corrected chi connectivity index (χ4v) is 2.96. The van der Waals surface area contributed by atoms with Crippen LogP contribution in [-0.2, 0) is 4.74 Å². The second-order valence-corrected chi connectivity index (χ2v) is 5.26. The topological polar surface area (TPSA) is 47.9 Å². The Hall–Kier alpha value is -1.26. The molecule has 1 fully saturated rings.